The monoisotopic (exact) mass is 836 g/mol. The molecule has 3 aromatic heterocycles. The Balaban J connectivity index is 0.910. The van der Waals surface area contributed by atoms with Gasteiger partial charge in [-0.3, -0.25) is 9.98 Å². The molecule has 4 heterocycles. The number of benzene rings is 8. The lowest BCUT2D eigenvalue weighted by Gasteiger charge is -2.36. The van der Waals surface area contributed by atoms with Crippen LogP contribution in [-0.4, -0.2) is 32.4 Å². The maximum Gasteiger partial charge on any atom is 0.0752 e. The molecule has 1 aliphatic rings. The Hall–Kier alpha value is -8.48. The van der Waals surface area contributed by atoms with Crippen molar-refractivity contribution in [3.63, 3.8) is 0 Å². The first-order valence-corrected chi connectivity index (χ1v) is 22.3. The quantitative estimate of drug-likeness (QED) is 0.145. The van der Waals surface area contributed by atoms with Crippen LogP contribution >= 0.6 is 0 Å². The van der Waals surface area contributed by atoms with Crippen molar-refractivity contribution in [3.05, 3.63) is 236 Å². The van der Waals surface area contributed by atoms with Gasteiger partial charge in [-0.15, -0.1) is 0 Å². The average molecular weight is 837 g/mol. The van der Waals surface area contributed by atoms with E-state index in [1.54, 1.807) is 0 Å². The molecule has 310 valence electrons. The van der Waals surface area contributed by atoms with Gasteiger partial charge in [0.15, 0.2) is 0 Å². The molecule has 1 aliphatic heterocycles. The Kier molecular flexibility index (Phi) is 9.41. The summed E-state index contributed by atoms with van der Waals surface area (Å²) in [4.78, 5) is 14.7. The lowest BCUT2D eigenvalue weighted by atomic mass is 9.96. The van der Waals surface area contributed by atoms with Gasteiger partial charge >= 0.3 is 0 Å². The third-order valence-corrected chi connectivity index (χ3v) is 12.9. The molecule has 8 aromatic carbocycles. The van der Waals surface area contributed by atoms with Crippen LogP contribution in [0.2, 0.25) is 0 Å². The number of rotatable bonds is 9. The number of hydrogen-bond acceptors (Lipinski definition) is 4. The van der Waals surface area contributed by atoms with E-state index < -0.39 is 0 Å². The Morgan fingerprint density at radius 2 is 0.831 bits per heavy atom. The Bertz CT molecular complexity index is 3460. The largest absolute Gasteiger partial charge is 0.332 e. The number of aromatic nitrogens is 3. The Morgan fingerprint density at radius 1 is 0.415 bits per heavy atom. The molecule has 11 aromatic rings. The van der Waals surface area contributed by atoms with Crippen molar-refractivity contribution in [2.45, 2.75) is 19.0 Å². The summed E-state index contributed by atoms with van der Waals surface area (Å²) in [6.45, 7) is 2.20. The number of fused-ring (bicyclic) bond motifs is 6. The van der Waals surface area contributed by atoms with Gasteiger partial charge in [-0.25, -0.2) is 0 Å². The van der Waals surface area contributed by atoms with E-state index in [0.717, 1.165) is 50.9 Å². The molecule has 0 aliphatic carbocycles. The molecule has 2 unspecified atom stereocenters. The fourth-order valence-electron chi connectivity index (χ4n) is 9.84. The van der Waals surface area contributed by atoms with Crippen molar-refractivity contribution < 1.29 is 0 Å². The zero-order valence-electron chi connectivity index (χ0n) is 35.9. The van der Waals surface area contributed by atoms with E-state index in [1.165, 1.54) is 43.6 Å². The summed E-state index contributed by atoms with van der Waals surface area (Å²) < 4.78 is 4.72. The highest BCUT2D eigenvalue weighted by atomic mass is 15.2. The fraction of sp³-hybridized carbons (Fsp3) is 0.0508. The van der Waals surface area contributed by atoms with Crippen molar-refractivity contribution in [3.8, 4) is 11.4 Å². The second-order valence-electron chi connectivity index (χ2n) is 16.7. The van der Waals surface area contributed by atoms with Crippen molar-refractivity contribution in [2.24, 2.45) is 4.99 Å². The molecule has 0 radical (unpaired) electrons. The number of aliphatic imine (C=N–C) groups is 1. The SMILES string of the molecule is CC1N=CC(c2cncc(N(c3ccccc3)c3ccc(-n4c5ccccc5c5ccccc54)cc3)c2)=CC1N(c1ccccc1)c1ccc(-n2c3ccccc3c3ccccc32)cc1. The maximum absolute atomic E-state index is 5.15. The van der Waals surface area contributed by atoms with Crippen LogP contribution in [0.15, 0.2) is 236 Å². The van der Waals surface area contributed by atoms with Crippen LogP contribution in [-0.2, 0) is 0 Å². The molecule has 12 rings (SSSR count). The molecule has 0 N–H and O–H groups in total. The zero-order valence-corrected chi connectivity index (χ0v) is 35.9. The van der Waals surface area contributed by atoms with E-state index in [0.29, 0.717) is 0 Å². The number of dihydropyridines is 1. The number of nitrogens with zero attached hydrogens (tertiary/aromatic N) is 6. The van der Waals surface area contributed by atoms with Crippen LogP contribution < -0.4 is 9.80 Å². The van der Waals surface area contributed by atoms with Crippen LogP contribution in [0.3, 0.4) is 0 Å². The highest BCUT2D eigenvalue weighted by Crippen LogP contribution is 2.40. The van der Waals surface area contributed by atoms with Crippen molar-refractivity contribution >= 4 is 83.8 Å². The summed E-state index contributed by atoms with van der Waals surface area (Å²) >= 11 is 0. The van der Waals surface area contributed by atoms with Crippen LogP contribution in [0, 0.1) is 0 Å². The molecule has 6 heteroatoms. The molecule has 0 amide bonds. The molecule has 6 nitrogen and oxygen atoms in total. The predicted octanol–water partition coefficient (Wildman–Crippen LogP) is 14.8. The minimum Gasteiger partial charge on any atom is -0.332 e. The van der Waals surface area contributed by atoms with E-state index in [2.05, 4.69) is 244 Å². The number of anilines is 5. The molecular weight excluding hydrogens is 793 g/mol. The van der Waals surface area contributed by atoms with E-state index >= 15 is 0 Å². The Labute approximate surface area is 377 Å². The molecule has 0 spiro atoms. The van der Waals surface area contributed by atoms with Crippen molar-refractivity contribution in [1.29, 1.82) is 0 Å². The van der Waals surface area contributed by atoms with Gasteiger partial charge in [0.05, 0.1) is 46.0 Å². The van der Waals surface area contributed by atoms with Crippen LogP contribution in [0.1, 0.15) is 12.5 Å². The third-order valence-electron chi connectivity index (χ3n) is 12.9. The minimum atomic E-state index is -0.0706. The summed E-state index contributed by atoms with van der Waals surface area (Å²) in [6, 6.07) is 75.8. The van der Waals surface area contributed by atoms with Gasteiger partial charge in [0.25, 0.3) is 0 Å². The van der Waals surface area contributed by atoms with Gasteiger partial charge in [-0.05, 0) is 116 Å². The summed E-state index contributed by atoms with van der Waals surface area (Å²) in [6.07, 6.45) is 8.28. The number of allylic oxidation sites excluding steroid dienone is 1. The second-order valence-corrected chi connectivity index (χ2v) is 16.7. The van der Waals surface area contributed by atoms with Gasteiger partial charge in [-0.1, -0.05) is 115 Å². The number of para-hydroxylation sites is 6. The number of pyridine rings is 1. The first-order valence-electron chi connectivity index (χ1n) is 22.3. The van der Waals surface area contributed by atoms with Crippen LogP contribution in [0.4, 0.5) is 28.4 Å². The predicted molar refractivity (Wildman–Crippen MR) is 272 cm³/mol. The lowest BCUT2D eigenvalue weighted by Crippen LogP contribution is -2.39. The summed E-state index contributed by atoms with van der Waals surface area (Å²) in [5.74, 6) is 0. The lowest BCUT2D eigenvalue weighted by molar-refractivity contribution is 0.636. The van der Waals surface area contributed by atoms with Gasteiger partial charge in [0.1, 0.15) is 0 Å². The molecular formula is C59H44N6. The van der Waals surface area contributed by atoms with Crippen molar-refractivity contribution in [2.75, 3.05) is 9.80 Å². The minimum absolute atomic E-state index is 0.0130. The third kappa shape index (κ3) is 6.66. The smallest absolute Gasteiger partial charge is 0.0752 e. The molecule has 0 saturated carbocycles. The summed E-state index contributed by atoms with van der Waals surface area (Å²) in [7, 11) is 0. The van der Waals surface area contributed by atoms with Gasteiger partial charge < -0.3 is 18.9 Å². The second kappa shape index (κ2) is 16.0. The number of hydrogen-bond donors (Lipinski definition) is 0. The standard InChI is InChI=1S/C59H44N6/c1-41-59(63(45-18-6-3-7-19-45)47-30-34-49(35-31-47)65-57-26-14-10-22-53(57)54-23-11-15-27-58(54)65)37-43(39-61-41)42-36-50(40-60-38-42)62(44-16-4-2-5-17-44)46-28-32-48(33-29-46)64-55-24-12-8-20-51(55)52-21-9-13-25-56(52)64/h2-41,59H,1H3. The van der Waals surface area contributed by atoms with E-state index in [1.807, 2.05) is 18.6 Å². The molecule has 65 heavy (non-hydrogen) atoms. The van der Waals surface area contributed by atoms with Gasteiger partial charge in [-0.2, -0.15) is 0 Å². The van der Waals surface area contributed by atoms with E-state index in [4.69, 9.17) is 9.98 Å². The summed E-state index contributed by atoms with van der Waals surface area (Å²) in [5, 5.41) is 5.00. The Morgan fingerprint density at radius 3 is 1.34 bits per heavy atom. The molecule has 0 bridgehead atoms. The van der Waals surface area contributed by atoms with Crippen LogP contribution in [0.25, 0.3) is 60.6 Å². The van der Waals surface area contributed by atoms with E-state index in [9.17, 15) is 0 Å². The molecule has 0 fully saturated rings. The molecule has 0 saturated heterocycles. The van der Waals surface area contributed by atoms with Crippen LogP contribution in [0.5, 0.6) is 0 Å². The summed E-state index contributed by atoms with van der Waals surface area (Å²) in [5.41, 5.74) is 14.3. The average Bonchev–Trinajstić information content (AvgIpc) is 3.89. The van der Waals surface area contributed by atoms with E-state index in [-0.39, 0.29) is 12.1 Å². The molecule has 2 atom stereocenters. The first-order chi connectivity index (χ1) is 32.2. The van der Waals surface area contributed by atoms with Gasteiger partial charge in [0.2, 0.25) is 0 Å². The van der Waals surface area contributed by atoms with Crippen molar-refractivity contribution in [1.82, 2.24) is 14.1 Å². The first kappa shape index (κ1) is 38.2. The highest BCUT2D eigenvalue weighted by molar-refractivity contribution is 6.12. The highest BCUT2D eigenvalue weighted by Gasteiger charge is 2.28. The zero-order chi connectivity index (χ0) is 43.3. The topological polar surface area (TPSA) is 41.6 Å². The fourth-order valence-corrected chi connectivity index (χ4v) is 9.84. The maximum atomic E-state index is 5.15. The normalized spacial score (nSPS) is 14.9. The van der Waals surface area contributed by atoms with Gasteiger partial charge in [0, 0.05) is 73.6 Å².